The van der Waals surface area contributed by atoms with Crippen molar-refractivity contribution in [2.24, 2.45) is 28.8 Å². The van der Waals surface area contributed by atoms with E-state index in [1.54, 1.807) is 17.8 Å². The third-order valence-corrected chi connectivity index (χ3v) is 15.6. The van der Waals surface area contributed by atoms with Crippen molar-refractivity contribution >= 4 is 34.2 Å². The minimum absolute atomic E-state index is 0.0835. The first-order chi connectivity index (χ1) is 33.1. The minimum Gasteiger partial charge on any atom is -0.493 e. The van der Waals surface area contributed by atoms with Crippen LogP contribution in [0.5, 0.6) is 11.5 Å². The van der Waals surface area contributed by atoms with E-state index in [-0.39, 0.29) is 43.5 Å². The number of thioether (sulfide) groups is 1. The van der Waals surface area contributed by atoms with Crippen LogP contribution in [0.4, 0.5) is 0 Å². The number of nitrogens with zero attached hydrogens (tertiary/aromatic N) is 2. The number of hydrogen-bond acceptors (Lipinski definition) is 9. The number of unbranched alkanes of at least 4 members (excludes halogenated alkanes) is 2. The Kier molecular flexibility index (Phi) is 17.1. The zero-order valence-corrected chi connectivity index (χ0v) is 41.5. The molecule has 2 N–H and O–H groups in total. The smallest absolute Gasteiger partial charge is 0.239 e. The lowest BCUT2D eigenvalue weighted by Crippen LogP contribution is -2.70. The van der Waals surface area contributed by atoms with Crippen molar-refractivity contribution in [1.82, 2.24) is 4.90 Å². The molecule has 68 heavy (non-hydrogen) atoms. The van der Waals surface area contributed by atoms with E-state index < -0.39 is 23.3 Å². The Hall–Kier alpha value is -4.61. The Balaban J connectivity index is 1.30. The van der Waals surface area contributed by atoms with Crippen LogP contribution in [0.1, 0.15) is 121 Å². The molecule has 4 aromatic rings. The molecule has 2 saturated carbocycles. The third-order valence-electron chi connectivity index (χ3n) is 14.6. The maximum Gasteiger partial charge on any atom is 0.239 e. The Bertz CT molecular complexity index is 2350. The molecule has 8 rings (SSSR count). The van der Waals surface area contributed by atoms with Gasteiger partial charge in [0.05, 0.1) is 24.8 Å². The number of carbonyl (C=O) groups excluding carboxylic acids is 1. The molecule has 0 saturated heterocycles. The van der Waals surface area contributed by atoms with Crippen molar-refractivity contribution in [2.75, 3.05) is 32.2 Å². The lowest BCUT2D eigenvalue weighted by molar-refractivity contribution is -0.258. The first-order valence-electron chi connectivity index (χ1n) is 25.5. The molecule has 0 aromatic heterocycles. The number of benzene rings is 4. The van der Waals surface area contributed by atoms with Crippen molar-refractivity contribution in [1.29, 1.82) is 0 Å². The van der Waals surface area contributed by atoms with Gasteiger partial charge in [0.15, 0.2) is 0 Å². The van der Waals surface area contributed by atoms with Gasteiger partial charge in [0.2, 0.25) is 11.7 Å². The van der Waals surface area contributed by atoms with Crippen LogP contribution < -0.4 is 9.47 Å². The molecule has 364 valence electrons. The van der Waals surface area contributed by atoms with Crippen molar-refractivity contribution in [2.45, 2.75) is 139 Å². The van der Waals surface area contributed by atoms with Gasteiger partial charge >= 0.3 is 0 Å². The van der Waals surface area contributed by atoms with Gasteiger partial charge < -0.3 is 34.2 Å². The molecular weight excluding hydrogens is 869 g/mol. The predicted molar refractivity (Wildman–Crippen MR) is 274 cm³/mol. The van der Waals surface area contributed by atoms with E-state index in [1.165, 1.54) is 30.6 Å². The highest BCUT2D eigenvalue weighted by Crippen LogP contribution is 2.62. The maximum absolute atomic E-state index is 15.5. The first kappa shape index (κ1) is 49.8. The van der Waals surface area contributed by atoms with Gasteiger partial charge in [-0.2, -0.15) is 0 Å². The zero-order chi connectivity index (χ0) is 47.5. The van der Waals surface area contributed by atoms with Crippen LogP contribution in [0.2, 0.25) is 0 Å². The number of ether oxygens (including phenoxy) is 3. The van der Waals surface area contributed by atoms with Crippen LogP contribution >= 0.6 is 11.8 Å². The van der Waals surface area contributed by atoms with Gasteiger partial charge in [-0.1, -0.05) is 116 Å². The second-order valence-electron chi connectivity index (χ2n) is 20.3. The summed E-state index contributed by atoms with van der Waals surface area (Å²) in [7, 11) is 0. The van der Waals surface area contributed by atoms with Gasteiger partial charge in [-0.05, 0) is 123 Å². The van der Waals surface area contributed by atoms with Gasteiger partial charge in [-0.15, -0.1) is 18.3 Å². The van der Waals surface area contributed by atoms with Crippen LogP contribution in [0.3, 0.4) is 0 Å². The number of aliphatic hydroxyl groups is 2. The Morgan fingerprint density at radius 2 is 1.68 bits per heavy atom. The van der Waals surface area contributed by atoms with Crippen LogP contribution in [0.15, 0.2) is 125 Å². The Labute approximate surface area is 409 Å². The van der Waals surface area contributed by atoms with E-state index in [9.17, 15) is 10.2 Å². The van der Waals surface area contributed by atoms with Gasteiger partial charge in [0.25, 0.3) is 0 Å². The summed E-state index contributed by atoms with van der Waals surface area (Å²) in [5.74, 6) is 1.28. The van der Waals surface area contributed by atoms with Crippen molar-refractivity contribution in [3.05, 3.63) is 126 Å². The second-order valence-corrected chi connectivity index (χ2v) is 21.5. The minimum atomic E-state index is -1.34. The molecule has 6 atom stereocenters. The fourth-order valence-corrected chi connectivity index (χ4v) is 12.3. The summed E-state index contributed by atoms with van der Waals surface area (Å²) < 4.78 is 21.5. The molecule has 9 nitrogen and oxygen atoms in total. The molecule has 3 aliphatic carbocycles. The lowest BCUT2D eigenvalue weighted by Gasteiger charge is -2.60. The van der Waals surface area contributed by atoms with Gasteiger partial charge in [0.1, 0.15) is 23.1 Å². The van der Waals surface area contributed by atoms with Crippen LogP contribution in [0, 0.1) is 23.7 Å². The molecule has 1 heterocycles. The van der Waals surface area contributed by atoms with E-state index in [2.05, 4.69) is 90.4 Å². The van der Waals surface area contributed by atoms with Crippen molar-refractivity contribution in [3.8, 4) is 11.5 Å². The lowest BCUT2D eigenvalue weighted by atomic mass is 9.55. The fourth-order valence-electron chi connectivity index (χ4n) is 11.5. The van der Waals surface area contributed by atoms with Crippen molar-refractivity contribution in [3.63, 3.8) is 0 Å². The average molecular weight is 943 g/mol. The number of oxime groups is 1. The zero-order valence-electron chi connectivity index (χ0n) is 40.7. The number of hydrogen-bond donors (Lipinski definition) is 2. The standard InChI is InChI=1S/C58H74N2O7S/c1-5-34-65-58-53(60(54(63)31-28-41-18-9-10-19-41)40-44-23-17-22-42-20-11-12-26-47(42)44)39-51(59-67-57(2,3)4)49-37-43(21-13-15-32-61)48(27-14-16-33-62)55(56(49)58)50-38-45(29-30-52(50)66-58)64-35-36-68-46-24-7-6-8-25-46/h5-8,11-12,17,20,22-26,29-30,37-38,41,43,48,53,55-56,61-62H,1,9-10,13-16,18-19,21,27-28,31-36,39-40H2,2-4H3/t43-,48+,53-,55+,56+,58+/m0/s1. The summed E-state index contributed by atoms with van der Waals surface area (Å²) in [5.41, 5.74) is 3.39. The molecule has 1 amide bonds. The molecule has 10 heteroatoms. The van der Waals surface area contributed by atoms with E-state index in [0.29, 0.717) is 44.8 Å². The van der Waals surface area contributed by atoms with E-state index >= 15 is 4.79 Å². The van der Waals surface area contributed by atoms with E-state index in [1.807, 2.05) is 39.0 Å². The highest BCUT2D eigenvalue weighted by molar-refractivity contribution is 7.99. The highest BCUT2D eigenvalue weighted by atomic mass is 32.2. The fraction of sp³-hybridized carbons (Fsp3) is 0.517. The topological polar surface area (TPSA) is 110 Å². The molecule has 4 aliphatic rings. The molecule has 1 aliphatic heterocycles. The normalized spacial score (nSPS) is 23.9. The van der Waals surface area contributed by atoms with E-state index in [4.69, 9.17) is 24.2 Å². The van der Waals surface area contributed by atoms with Gasteiger partial charge in [0, 0.05) is 54.7 Å². The highest BCUT2D eigenvalue weighted by Gasteiger charge is 2.65. The molecule has 4 aromatic carbocycles. The number of carbonyl (C=O) groups is 1. The van der Waals surface area contributed by atoms with Crippen LogP contribution in [0.25, 0.3) is 10.8 Å². The number of fused-ring (bicyclic) bond motifs is 3. The van der Waals surface area contributed by atoms with Gasteiger partial charge in [-0.3, -0.25) is 4.79 Å². The summed E-state index contributed by atoms with van der Waals surface area (Å²) in [6.45, 7) is 11.6. The maximum atomic E-state index is 15.5. The molecule has 0 unspecified atom stereocenters. The van der Waals surface area contributed by atoms with E-state index in [0.717, 1.165) is 82.5 Å². The summed E-state index contributed by atoms with van der Waals surface area (Å²) in [4.78, 5) is 25.2. The Morgan fingerprint density at radius 3 is 2.44 bits per heavy atom. The average Bonchev–Trinajstić information content (AvgIpc) is 3.88. The number of allylic oxidation sites excluding steroid dienone is 1. The first-order valence-corrected chi connectivity index (χ1v) is 26.4. The summed E-state index contributed by atoms with van der Waals surface area (Å²) in [5, 5.41) is 27.5. The van der Waals surface area contributed by atoms with Crippen molar-refractivity contribution < 1.29 is 34.1 Å². The van der Waals surface area contributed by atoms with Gasteiger partial charge in [-0.25, -0.2) is 0 Å². The number of aliphatic hydroxyl groups excluding tert-OH is 2. The monoisotopic (exact) mass is 943 g/mol. The Morgan fingerprint density at radius 1 is 0.926 bits per heavy atom. The predicted octanol–water partition coefficient (Wildman–Crippen LogP) is 12.4. The number of rotatable bonds is 23. The largest absolute Gasteiger partial charge is 0.493 e. The molecule has 0 radical (unpaired) electrons. The summed E-state index contributed by atoms with van der Waals surface area (Å²) in [6, 6.07) is 30.8. The van der Waals surface area contributed by atoms with Crippen LogP contribution in [-0.4, -0.2) is 76.3 Å². The summed E-state index contributed by atoms with van der Waals surface area (Å²) >= 11 is 1.77. The third kappa shape index (κ3) is 11.7. The molecule has 2 fully saturated rings. The quantitative estimate of drug-likeness (QED) is 0.0327. The van der Waals surface area contributed by atoms with Crippen LogP contribution in [-0.2, 0) is 20.9 Å². The molecular formula is C58H74N2O7S. The summed E-state index contributed by atoms with van der Waals surface area (Å²) in [6.07, 6.45) is 15.5. The SMILES string of the molecule is C=CCO[C@@]12Oc3ccc(OCCSc4ccccc4)cc3[C@H]3[C@H](CCCCO)[C@@H](CCCCO)C=C(C(=NOC(C)(C)C)C[C@@H]1N(Cc1cccc4ccccc14)C(=O)CCC1CCCC1)[C@H]32. The molecule has 0 bridgehead atoms. The number of amides is 1. The molecule has 0 spiro atoms. The second kappa shape index (κ2) is 23.3.